The van der Waals surface area contributed by atoms with Crippen LogP contribution in [0.5, 0.6) is 0 Å². The van der Waals surface area contributed by atoms with Crippen molar-refractivity contribution in [3.05, 3.63) is 0 Å². The van der Waals surface area contributed by atoms with Crippen LogP contribution < -0.4 is 11.1 Å². The number of amides is 1. The molecule has 1 aliphatic carbocycles. The zero-order chi connectivity index (χ0) is 14.3. The van der Waals surface area contributed by atoms with Crippen molar-refractivity contribution in [2.24, 2.45) is 17.1 Å². The Hall–Kier alpha value is -0.360. The molecule has 0 aromatic carbocycles. The molecule has 5 nitrogen and oxygen atoms in total. The number of carbonyl (C=O) groups excluding carboxylic acids is 1. The predicted octanol–water partition coefficient (Wildman–Crippen LogP) is 1.23. The molecule has 122 valence electrons. The lowest BCUT2D eigenvalue weighted by molar-refractivity contribution is -0.195. The molecule has 3 aliphatic rings. The van der Waals surface area contributed by atoms with Crippen LogP contribution in [0.1, 0.15) is 39.5 Å². The van der Waals surface area contributed by atoms with Gasteiger partial charge in [-0.15, -0.1) is 12.4 Å². The summed E-state index contributed by atoms with van der Waals surface area (Å²) < 4.78 is 11.5. The normalized spacial score (nSPS) is 40.6. The summed E-state index contributed by atoms with van der Waals surface area (Å²) in [5, 5.41) is 3.21. The van der Waals surface area contributed by atoms with Crippen molar-refractivity contribution in [2.75, 3.05) is 13.2 Å². The number of hydrogen-bond acceptors (Lipinski definition) is 4. The molecule has 1 amide bonds. The summed E-state index contributed by atoms with van der Waals surface area (Å²) >= 11 is 0. The Balaban J connectivity index is 0.00000161. The summed E-state index contributed by atoms with van der Waals surface area (Å²) in [5.74, 6) is 0.498. The summed E-state index contributed by atoms with van der Waals surface area (Å²) in [6.07, 6.45) is 3.94. The van der Waals surface area contributed by atoms with E-state index in [1.165, 1.54) is 0 Å². The largest absolute Gasteiger partial charge is 0.377 e. The molecule has 0 spiro atoms. The van der Waals surface area contributed by atoms with E-state index in [-0.39, 0.29) is 42.0 Å². The SMILES string of the molecule is CC1(C)C(NC(=O)[C@@H]2CC[C@H](CN)O2)C2CCCOC21.Cl. The molecule has 3 unspecified atom stereocenters. The van der Waals surface area contributed by atoms with E-state index in [0.717, 1.165) is 32.3 Å². The molecule has 0 bridgehead atoms. The molecule has 3 N–H and O–H groups in total. The fourth-order valence-electron chi connectivity index (χ4n) is 4.13. The van der Waals surface area contributed by atoms with E-state index in [0.29, 0.717) is 18.6 Å². The van der Waals surface area contributed by atoms with Crippen LogP contribution in [0.15, 0.2) is 0 Å². The average molecular weight is 319 g/mol. The van der Waals surface area contributed by atoms with Gasteiger partial charge in [-0.1, -0.05) is 13.8 Å². The first-order valence-electron chi connectivity index (χ1n) is 7.81. The first kappa shape index (κ1) is 17.0. The fraction of sp³-hybridized carbons (Fsp3) is 0.933. The van der Waals surface area contributed by atoms with Crippen molar-refractivity contribution >= 4 is 18.3 Å². The third-order valence-corrected chi connectivity index (χ3v) is 5.29. The van der Waals surface area contributed by atoms with Crippen LogP contribution in [-0.4, -0.2) is 43.4 Å². The summed E-state index contributed by atoms with van der Waals surface area (Å²) in [6.45, 7) is 5.72. The molecule has 0 aromatic rings. The number of rotatable bonds is 3. The van der Waals surface area contributed by atoms with Gasteiger partial charge in [-0.25, -0.2) is 0 Å². The van der Waals surface area contributed by atoms with Crippen molar-refractivity contribution in [1.29, 1.82) is 0 Å². The third kappa shape index (κ3) is 2.93. The van der Waals surface area contributed by atoms with E-state index in [1.54, 1.807) is 0 Å². The van der Waals surface area contributed by atoms with Gasteiger partial charge in [0.15, 0.2) is 0 Å². The smallest absolute Gasteiger partial charge is 0.249 e. The van der Waals surface area contributed by atoms with Crippen LogP contribution in [-0.2, 0) is 14.3 Å². The molecular formula is C15H27ClN2O3. The van der Waals surface area contributed by atoms with Crippen LogP contribution in [0, 0.1) is 11.3 Å². The predicted molar refractivity (Wildman–Crippen MR) is 82.4 cm³/mol. The van der Waals surface area contributed by atoms with E-state index in [9.17, 15) is 4.79 Å². The minimum Gasteiger partial charge on any atom is -0.377 e. The van der Waals surface area contributed by atoms with Gasteiger partial charge in [-0.3, -0.25) is 4.79 Å². The zero-order valence-corrected chi connectivity index (χ0v) is 13.7. The highest BCUT2D eigenvalue weighted by Gasteiger charge is 2.58. The Morgan fingerprint density at radius 2 is 2.10 bits per heavy atom. The highest BCUT2D eigenvalue weighted by Crippen LogP contribution is 2.51. The highest BCUT2D eigenvalue weighted by atomic mass is 35.5. The van der Waals surface area contributed by atoms with Gasteiger partial charge in [0.05, 0.1) is 12.2 Å². The van der Waals surface area contributed by atoms with E-state index in [4.69, 9.17) is 15.2 Å². The van der Waals surface area contributed by atoms with E-state index in [2.05, 4.69) is 19.2 Å². The van der Waals surface area contributed by atoms with Crippen molar-refractivity contribution in [1.82, 2.24) is 5.32 Å². The van der Waals surface area contributed by atoms with Gasteiger partial charge in [0, 0.05) is 30.5 Å². The van der Waals surface area contributed by atoms with Crippen LogP contribution >= 0.6 is 12.4 Å². The first-order chi connectivity index (χ1) is 9.54. The van der Waals surface area contributed by atoms with Gasteiger partial charge in [-0.05, 0) is 25.7 Å². The molecule has 2 aliphatic heterocycles. The fourth-order valence-corrected chi connectivity index (χ4v) is 4.13. The number of carbonyl (C=O) groups is 1. The van der Waals surface area contributed by atoms with E-state index in [1.807, 2.05) is 0 Å². The molecule has 21 heavy (non-hydrogen) atoms. The molecule has 3 fully saturated rings. The molecule has 0 radical (unpaired) electrons. The molecule has 1 saturated carbocycles. The van der Waals surface area contributed by atoms with Gasteiger partial charge < -0.3 is 20.5 Å². The topological polar surface area (TPSA) is 73.6 Å². The third-order valence-electron chi connectivity index (χ3n) is 5.29. The molecule has 2 saturated heterocycles. The first-order valence-corrected chi connectivity index (χ1v) is 7.81. The molecular weight excluding hydrogens is 292 g/mol. The zero-order valence-electron chi connectivity index (χ0n) is 12.8. The van der Waals surface area contributed by atoms with Crippen molar-refractivity contribution < 1.29 is 14.3 Å². The van der Waals surface area contributed by atoms with Crippen LogP contribution in [0.25, 0.3) is 0 Å². The summed E-state index contributed by atoms with van der Waals surface area (Å²) in [6, 6.07) is 0.209. The molecule has 3 rings (SSSR count). The van der Waals surface area contributed by atoms with Gasteiger partial charge in [0.25, 0.3) is 0 Å². The number of fused-ring (bicyclic) bond motifs is 1. The minimum atomic E-state index is -0.317. The van der Waals surface area contributed by atoms with Crippen molar-refractivity contribution in [2.45, 2.75) is 63.9 Å². The highest BCUT2D eigenvalue weighted by molar-refractivity contribution is 5.85. The quantitative estimate of drug-likeness (QED) is 0.821. The lowest BCUT2D eigenvalue weighted by atomic mass is 9.55. The second kappa shape index (κ2) is 6.41. The van der Waals surface area contributed by atoms with E-state index < -0.39 is 0 Å². The van der Waals surface area contributed by atoms with Crippen molar-refractivity contribution in [3.63, 3.8) is 0 Å². The lowest BCUT2D eigenvalue weighted by Crippen LogP contribution is -2.70. The summed E-state index contributed by atoms with van der Waals surface area (Å²) in [4.78, 5) is 12.4. The number of halogens is 1. The maximum Gasteiger partial charge on any atom is 0.249 e. The Morgan fingerprint density at radius 1 is 1.33 bits per heavy atom. The Labute approximate surface area is 132 Å². The Morgan fingerprint density at radius 3 is 2.76 bits per heavy atom. The molecule has 0 aromatic heterocycles. The summed E-state index contributed by atoms with van der Waals surface area (Å²) in [5.41, 5.74) is 5.61. The van der Waals surface area contributed by atoms with Crippen LogP contribution in [0.2, 0.25) is 0 Å². The maximum atomic E-state index is 12.4. The van der Waals surface area contributed by atoms with Gasteiger partial charge in [0.1, 0.15) is 6.10 Å². The standard InChI is InChI=1S/C15H26N2O3.ClH/c1-15(2)12(10-4-3-7-19-13(10)15)17-14(18)11-6-5-9(8-16)20-11;/h9-13H,3-8,16H2,1-2H3,(H,17,18);1H/t9-,10?,11+,12?,13?;/m1./s1. The van der Waals surface area contributed by atoms with Crippen LogP contribution in [0.4, 0.5) is 0 Å². The monoisotopic (exact) mass is 318 g/mol. The molecule has 5 atom stereocenters. The Kier molecular flexibility index (Phi) is 5.19. The number of hydrogen-bond donors (Lipinski definition) is 2. The van der Waals surface area contributed by atoms with Gasteiger partial charge in [-0.2, -0.15) is 0 Å². The minimum absolute atomic E-state index is 0. The number of nitrogens with two attached hydrogens (primary N) is 1. The summed E-state index contributed by atoms with van der Waals surface area (Å²) in [7, 11) is 0. The number of nitrogens with one attached hydrogen (secondary N) is 1. The average Bonchev–Trinajstić information content (AvgIpc) is 2.93. The van der Waals surface area contributed by atoms with Crippen LogP contribution in [0.3, 0.4) is 0 Å². The number of ether oxygens (including phenoxy) is 2. The lowest BCUT2D eigenvalue weighted by Gasteiger charge is -2.60. The second-order valence-electron chi connectivity index (χ2n) is 6.96. The maximum absolute atomic E-state index is 12.4. The molecule has 2 heterocycles. The van der Waals surface area contributed by atoms with E-state index >= 15 is 0 Å². The second-order valence-corrected chi connectivity index (χ2v) is 6.96. The Bertz CT molecular complexity index is 391. The van der Waals surface area contributed by atoms with Crippen molar-refractivity contribution in [3.8, 4) is 0 Å². The van der Waals surface area contributed by atoms with Gasteiger partial charge >= 0.3 is 0 Å². The molecule has 6 heteroatoms. The van der Waals surface area contributed by atoms with Gasteiger partial charge in [0.2, 0.25) is 5.91 Å².